The Labute approximate surface area is 153 Å². The van der Waals surface area contributed by atoms with E-state index >= 15 is 0 Å². The normalized spacial score (nSPS) is 19.4. The minimum absolute atomic E-state index is 0.251. The summed E-state index contributed by atoms with van der Waals surface area (Å²) in [5.41, 5.74) is 5.44. The van der Waals surface area contributed by atoms with E-state index in [2.05, 4.69) is 44.4 Å². The molecule has 1 aromatic heterocycles. The summed E-state index contributed by atoms with van der Waals surface area (Å²) in [5.74, 6) is 0.658. The maximum absolute atomic E-state index is 12.5. The van der Waals surface area contributed by atoms with E-state index in [4.69, 9.17) is 0 Å². The quantitative estimate of drug-likeness (QED) is 0.840. The van der Waals surface area contributed by atoms with Gasteiger partial charge in [-0.1, -0.05) is 24.3 Å². The van der Waals surface area contributed by atoms with Crippen molar-refractivity contribution in [1.82, 2.24) is 14.8 Å². The molecule has 0 saturated carbocycles. The molecule has 0 bridgehead atoms. The summed E-state index contributed by atoms with van der Waals surface area (Å²) in [7, 11) is 0. The predicted octanol–water partition coefficient (Wildman–Crippen LogP) is 3.64. The summed E-state index contributed by atoms with van der Waals surface area (Å²) in [6, 6.07) is 8.73. The molecule has 4 rings (SSSR count). The predicted molar refractivity (Wildman–Crippen MR) is 101 cm³/mol. The van der Waals surface area contributed by atoms with Gasteiger partial charge in [-0.3, -0.25) is 9.69 Å². The van der Waals surface area contributed by atoms with Gasteiger partial charge < -0.3 is 4.90 Å². The van der Waals surface area contributed by atoms with E-state index < -0.39 is 0 Å². The van der Waals surface area contributed by atoms with E-state index in [1.807, 2.05) is 5.51 Å². The molecule has 2 fully saturated rings. The minimum Gasteiger partial charge on any atom is -0.342 e. The van der Waals surface area contributed by atoms with Crippen LogP contribution in [0.25, 0.3) is 11.3 Å². The first kappa shape index (κ1) is 16.7. The lowest BCUT2D eigenvalue weighted by molar-refractivity contribution is -0.136. The van der Waals surface area contributed by atoms with Crippen LogP contribution in [-0.2, 0) is 11.3 Å². The minimum atomic E-state index is 0.251. The molecule has 0 radical (unpaired) electrons. The average molecular weight is 356 g/mol. The number of piperidine rings is 1. The third kappa shape index (κ3) is 3.93. The molecule has 2 aliphatic rings. The van der Waals surface area contributed by atoms with Crippen LogP contribution in [0.4, 0.5) is 0 Å². The fraction of sp³-hybridized carbons (Fsp3) is 0.500. The first-order valence-corrected chi connectivity index (χ1v) is 10.2. The van der Waals surface area contributed by atoms with Gasteiger partial charge in [-0.15, -0.1) is 11.3 Å². The van der Waals surface area contributed by atoms with Crippen molar-refractivity contribution in [3.05, 3.63) is 40.7 Å². The van der Waals surface area contributed by atoms with Crippen molar-refractivity contribution in [3.8, 4) is 11.3 Å². The first-order chi connectivity index (χ1) is 12.3. The molecule has 132 valence electrons. The Morgan fingerprint density at radius 3 is 2.44 bits per heavy atom. The molecule has 0 spiro atoms. The summed E-state index contributed by atoms with van der Waals surface area (Å²) in [5, 5.41) is 2.08. The van der Waals surface area contributed by atoms with Crippen molar-refractivity contribution in [1.29, 1.82) is 0 Å². The monoisotopic (exact) mass is 355 g/mol. The number of aromatic nitrogens is 1. The second kappa shape index (κ2) is 7.67. The zero-order chi connectivity index (χ0) is 17.1. The number of nitrogens with zero attached hydrogens (tertiary/aromatic N) is 3. The van der Waals surface area contributed by atoms with Gasteiger partial charge in [0.25, 0.3) is 0 Å². The zero-order valence-corrected chi connectivity index (χ0v) is 15.4. The Hall–Kier alpha value is -1.72. The van der Waals surface area contributed by atoms with Crippen LogP contribution in [0.1, 0.15) is 31.2 Å². The topological polar surface area (TPSA) is 36.4 Å². The smallest absolute Gasteiger partial charge is 0.225 e. The van der Waals surface area contributed by atoms with Crippen molar-refractivity contribution < 1.29 is 4.79 Å². The largest absolute Gasteiger partial charge is 0.342 e. The molecular formula is C20H25N3OS. The van der Waals surface area contributed by atoms with Crippen LogP contribution in [0.15, 0.2) is 35.2 Å². The zero-order valence-electron chi connectivity index (χ0n) is 14.6. The van der Waals surface area contributed by atoms with Gasteiger partial charge in [0.1, 0.15) is 0 Å². The maximum Gasteiger partial charge on any atom is 0.225 e. The summed E-state index contributed by atoms with van der Waals surface area (Å²) < 4.78 is 0. The Balaban J connectivity index is 1.29. The van der Waals surface area contributed by atoms with Crippen molar-refractivity contribution in [3.63, 3.8) is 0 Å². The van der Waals surface area contributed by atoms with Crippen LogP contribution >= 0.6 is 11.3 Å². The van der Waals surface area contributed by atoms with Gasteiger partial charge in [-0.2, -0.15) is 0 Å². The average Bonchev–Trinajstić information content (AvgIpc) is 3.36. The van der Waals surface area contributed by atoms with Crippen molar-refractivity contribution in [2.75, 3.05) is 26.2 Å². The molecular weight excluding hydrogens is 330 g/mol. The number of thiazole rings is 1. The fourth-order valence-corrected chi connectivity index (χ4v) is 4.49. The Morgan fingerprint density at radius 1 is 1.08 bits per heavy atom. The van der Waals surface area contributed by atoms with Gasteiger partial charge in [-0.05, 0) is 44.3 Å². The molecule has 2 saturated heterocycles. The Bertz CT molecular complexity index is 684. The summed E-state index contributed by atoms with van der Waals surface area (Å²) in [6.45, 7) is 4.98. The van der Waals surface area contributed by atoms with Gasteiger partial charge in [0.05, 0.1) is 11.2 Å². The molecule has 4 nitrogen and oxygen atoms in total. The second-order valence-corrected chi connectivity index (χ2v) is 7.87. The van der Waals surface area contributed by atoms with E-state index in [0.717, 1.165) is 51.3 Å². The third-order valence-corrected chi connectivity index (χ3v) is 6.03. The highest BCUT2D eigenvalue weighted by atomic mass is 32.1. The van der Waals surface area contributed by atoms with Crippen LogP contribution in [0, 0.1) is 5.92 Å². The lowest BCUT2D eigenvalue weighted by Gasteiger charge is -2.33. The third-order valence-electron chi connectivity index (χ3n) is 5.44. The molecule has 0 unspecified atom stereocenters. The number of carbonyl (C=O) groups is 1. The summed E-state index contributed by atoms with van der Waals surface area (Å²) in [6.07, 6.45) is 4.38. The fourth-order valence-electron chi connectivity index (χ4n) is 3.93. The standard InChI is InChI=1S/C20H25N3OS/c24-20(23-9-1-2-10-23)18-7-11-22(12-8-18)13-16-3-5-17(6-4-16)19-14-25-15-21-19/h3-6,14-15,18H,1-2,7-13H2. The van der Waals surface area contributed by atoms with Crippen LogP contribution in [0.2, 0.25) is 0 Å². The van der Waals surface area contributed by atoms with E-state index in [-0.39, 0.29) is 5.92 Å². The summed E-state index contributed by atoms with van der Waals surface area (Å²) in [4.78, 5) is 21.4. The van der Waals surface area contributed by atoms with Crippen molar-refractivity contribution in [2.45, 2.75) is 32.2 Å². The highest BCUT2D eigenvalue weighted by Gasteiger charge is 2.29. The van der Waals surface area contributed by atoms with Crippen molar-refractivity contribution in [2.24, 2.45) is 5.92 Å². The molecule has 1 aromatic carbocycles. The van der Waals surface area contributed by atoms with Gasteiger partial charge in [0.2, 0.25) is 5.91 Å². The molecule has 0 N–H and O–H groups in total. The molecule has 0 atom stereocenters. The van der Waals surface area contributed by atoms with E-state index in [9.17, 15) is 4.79 Å². The van der Waals surface area contributed by atoms with Crippen LogP contribution < -0.4 is 0 Å². The first-order valence-electron chi connectivity index (χ1n) is 9.28. The molecule has 5 heteroatoms. The SMILES string of the molecule is O=C(C1CCN(Cc2ccc(-c3cscn3)cc2)CC1)N1CCCC1. The van der Waals surface area contributed by atoms with Gasteiger partial charge in [0.15, 0.2) is 0 Å². The highest BCUT2D eigenvalue weighted by molar-refractivity contribution is 7.07. The van der Waals surface area contributed by atoms with E-state index in [1.165, 1.54) is 24.0 Å². The molecule has 0 aliphatic carbocycles. The molecule has 2 aromatic rings. The van der Waals surface area contributed by atoms with Crippen LogP contribution in [0.5, 0.6) is 0 Å². The number of likely N-dealkylation sites (tertiary alicyclic amines) is 2. The van der Waals surface area contributed by atoms with Gasteiger partial charge >= 0.3 is 0 Å². The number of amides is 1. The number of rotatable bonds is 4. The second-order valence-electron chi connectivity index (χ2n) is 7.15. The lowest BCUT2D eigenvalue weighted by Crippen LogP contribution is -2.41. The van der Waals surface area contributed by atoms with Gasteiger partial charge in [-0.25, -0.2) is 4.98 Å². The van der Waals surface area contributed by atoms with Crippen LogP contribution in [-0.4, -0.2) is 46.9 Å². The molecule has 3 heterocycles. The maximum atomic E-state index is 12.5. The number of hydrogen-bond acceptors (Lipinski definition) is 4. The molecule has 2 aliphatic heterocycles. The number of benzene rings is 1. The van der Waals surface area contributed by atoms with Crippen LogP contribution in [0.3, 0.4) is 0 Å². The number of hydrogen-bond donors (Lipinski definition) is 0. The van der Waals surface area contributed by atoms with Gasteiger partial charge in [0, 0.05) is 36.5 Å². The highest BCUT2D eigenvalue weighted by Crippen LogP contribution is 2.24. The lowest BCUT2D eigenvalue weighted by atomic mass is 9.95. The summed E-state index contributed by atoms with van der Waals surface area (Å²) >= 11 is 1.63. The van der Waals surface area contributed by atoms with Crippen molar-refractivity contribution >= 4 is 17.2 Å². The Kier molecular flexibility index (Phi) is 5.13. The Morgan fingerprint density at radius 2 is 1.80 bits per heavy atom. The molecule has 1 amide bonds. The number of carbonyl (C=O) groups excluding carboxylic acids is 1. The molecule has 25 heavy (non-hydrogen) atoms. The van der Waals surface area contributed by atoms with E-state index in [1.54, 1.807) is 11.3 Å². The van der Waals surface area contributed by atoms with E-state index in [0.29, 0.717) is 5.91 Å².